The first-order chi connectivity index (χ1) is 6.61. The van der Waals surface area contributed by atoms with Crippen molar-refractivity contribution >= 4 is 17.6 Å². The number of nitrogens with zero attached hydrogens (tertiary/aromatic N) is 1. The lowest BCUT2D eigenvalue weighted by Gasteiger charge is -2.07. The first-order valence-electron chi connectivity index (χ1n) is 4.49. The molecular weight excluding hydrogens is 202 g/mol. The van der Waals surface area contributed by atoms with E-state index in [0.717, 1.165) is 18.4 Å². The largest absolute Gasteiger partial charge is 0.478 e. The SMILES string of the molecule is Cc1ncc(C2CC2)c(C(=O)O)c1Cl. The third kappa shape index (κ3) is 1.48. The third-order valence-electron chi connectivity index (χ3n) is 2.45. The van der Waals surface area contributed by atoms with E-state index in [1.54, 1.807) is 13.1 Å². The molecule has 4 heteroatoms. The standard InChI is InChI=1S/C10H10ClNO2/c1-5-9(11)8(10(13)14)7(4-12-5)6-2-3-6/h4,6H,2-3H2,1H3,(H,13,14). The molecule has 14 heavy (non-hydrogen) atoms. The van der Waals surface area contributed by atoms with Crippen LogP contribution in [0.25, 0.3) is 0 Å². The molecule has 1 aliphatic rings. The summed E-state index contributed by atoms with van der Waals surface area (Å²) in [7, 11) is 0. The molecule has 1 aromatic heterocycles. The predicted octanol–water partition coefficient (Wildman–Crippen LogP) is 2.62. The van der Waals surface area contributed by atoms with E-state index in [-0.39, 0.29) is 10.6 Å². The van der Waals surface area contributed by atoms with Crippen LogP contribution in [0.2, 0.25) is 5.02 Å². The second-order valence-corrected chi connectivity index (χ2v) is 3.95. The maximum Gasteiger partial charge on any atom is 0.337 e. The quantitative estimate of drug-likeness (QED) is 0.818. The van der Waals surface area contributed by atoms with Gasteiger partial charge in [0.05, 0.1) is 16.3 Å². The number of rotatable bonds is 2. The van der Waals surface area contributed by atoms with Gasteiger partial charge in [-0.25, -0.2) is 4.79 Å². The number of aromatic nitrogens is 1. The topological polar surface area (TPSA) is 50.2 Å². The van der Waals surface area contributed by atoms with Crippen LogP contribution in [0.5, 0.6) is 0 Å². The Morgan fingerprint density at radius 2 is 2.29 bits per heavy atom. The van der Waals surface area contributed by atoms with Crippen LogP contribution in [0.15, 0.2) is 6.20 Å². The number of carboxylic acid groups (broad SMARTS) is 1. The molecule has 74 valence electrons. The number of aromatic carboxylic acids is 1. The Morgan fingerprint density at radius 3 is 2.79 bits per heavy atom. The number of pyridine rings is 1. The summed E-state index contributed by atoms with van der Waals surface area (Å²) < 4.78 is 0. The molecule has 0 spiro atoms. The summed E-state index contributed by atoms with van der Waals surface area (Å²) in [6, 6.07) is 0. The van der Waals surface area contributed by atoms with Crippen LogP contribution in [-0.2, 0) is 0 Å². The molecule has 0 amide bonds. The lowest BCUT2D eigenvalue weighted by atomic mass is 10.1. The van der Waals surface area contributed by atoms with Crippen molar-refractivity contribution in [1.82, 2.24) is 4.98 Å². The molecule has 1 aliphatic carbocycles. The van der Waals surface area contributed by atoms with Gasteiger partial charge in [-0.3, -0.25) is 4.98 Å². The molecule has 0 bridgehead atoms. The predicted molar refractivity (Wildman–Crippen MR) is 52.9 cm³/mol. The van der Waals surface area contributed by atoms with Crippen molar-refractivity contribution in [3.63, 3.8) is 0 Å². The molecule has 1 saturated carbocycles. The lowest BCUT2D eigenvalue weighted by molar-refractivity contribution is 0.0695. The molecule has 0 radical (unpaired) electrons. The Hall–Kier alpha value is -1.09. The fourth-order valence-electron chi connectivity index (χ4n) is 1.52. The van der Waals surface area contributed by atoms with Gasteiger partial charge in [0.2, 0.25) is 0 Å². The number of carboxylic acids is 1. The van der Waals surface area contributed by atoms with E-state index in [1.807, 2.05) is 0 Å². The summed E-state index contributed by atoms with van der Waals surface area (Å²) in [6.07, 6.45) is 3.73. The van der Waals surface area contributed by atoms with Gasteiger partial charge in [-0.05, 0) is 31.2 Å². The summed E-state index contributed by atoms with van der Waals surface area (Å²) in [6.45, 7) is 1.71. The van der Waals surface area contributed by atoms with Gasteiger partial charge in [0, 0.05) is 6.20 Å². The molecule has 0 saturated heterocycles. The fourth-order valence-corrected chi connectivity index (χ4v) is 1.76. The Labute approximate surface area is 86.7 Å². The number of hydrogen-bond acceptors (Lipinski definition) is 2. The van der Waals surface area contributed by atoms with Gasteiger partial charge in [-0.1, -0.05) is 11.6 Å². The van der Waals surface area contributed by atoms with Crippen LogP contribution in [0.4, 0.5) is 0 Å². The molecule has 3 nitrogen and oxygen atoms in total. The van der Waals surface area contributed by atoms with Crippen LogP contribution in [0, 0.1) is 6.92 Å². The van der Waals surface area contributed by atoms with E-state index in [2.05, 4.69) is 4.98 Å². The summed E-state index contributed by atoms with van der Waals surface area (Å²) in [5.41, 5.74) is 1.60. The molecule has 0 atom stereocenters. The highest BCUT2D eigenvalue weighted by Gasteiger charge is 2.30. The number of carbonyl (C=O) groups is 1. The average Bonchev–Trinajstić information content (AvgIpc) is 2.91. The van der Waals surface area contributed by atoms with E-state index in [4.69, 9.17) is 16.7 Å². The highest BCUT2D eigenvalue weighted by molar-refractivity contribution is 6.34. The lowest BCUT2D eigenvalue weighted by Crippen LogP contribution is -2.05. The van der Waals surface area contributed by atoms with Crippen LogP contribution >= 0.6 is 11.6 Å². The van der Waals surface area contributed by atoms with E-state index >= 15 is 0 Å². The van der Waals surface area contributed by atoms with Crippen LogP contribution in [-0.4, -0.2) is 16.1 Å². The van der Waals surface area contributed by atoms with Crippen LogP contribution in [0.1, 0.15) is 40.4 Å². The minimum Gasteiger partial charge on any atom is -0.478 e. The van der Waals surface area contributed by atoms with Crippen molar-refractivity contribution < 1.29 is 9.90 Å². The smallest absolute Gasteiger partial charge is 0.337 e. The first kappa shape index (κ1) is 9.46. The molecule has 1 fully saturated rings. The second kappa shape index (κ2) is 3.24. The first-order valence-corrected chi connectivity index (χ1v) is 4.87. The number of hydrogen-bond donors (Lipinski definition) is 1. The van der Waals surface area contributed by atoms with Crippen molar-refractivity contribution in [2.45, 2.75) is 25.7 Å². The van der Waals surface area contributed by atoms with Gasteiger partial charge in [-0.15, -0.1) is 0 Å². The minimum atomic E-state index is -0.956. The number of aryl methyl sites for hydroxylation is 1. The average molecular weight is 212 g/mol. The Kier molecular flexibility index (Phi) is 2.19. The fraction of sp³-hybridized carbons (Fsp3) is 0.400. The van der Waals surface area contributed by atoms with E-state index in [9.17, 15) is 4.79 Å². The van der Waals surface area contributed by atoms with Crippen molar-refractivity contribution in [1.29, 1.82) is 0 Å². The minimum absolute atomic E-state index is 0.238. The summed E-state index contributed by atoms with van der Waals surface area (Å²) >= 11 is 5.92. The second-order valence-electron chi connectivity index (χ2n) is 3.57. The molecule has 0 unspecified atom stereocenters. The summed E-state index contributed by atoms with van der Waals surface area (Å²) in [5, 5.41) is 9.31. The highest BCUT2D eigenvalue weighted by atomic mass is 35.5. The third-order valence-corrected chi connectivity index (χ3v) is 2.92. The molecular formula is C10H10ClNO2. The van der Waals surface area contributed by atoms with Gasteiger partial charge in [0.15, 0.2) is 0 Å². The van der Waals surface area contributed by atoms with Gasteiger partial charge in [-0.2, -0.15) is 0 Å². The van der Waals surface area contributed by atoms with Crippen molar-refractivity contribution in [2.75, 3.05) is 0 Å². The Bertz CT molecular complexity index is 399. The van der Waals surface area contributed by atoms with E-state index in [0.29, 0.717) is 11.6 Å². The Morgan fingerprint density at radius 1 is 1.64 bits per heavy atom. The monoisotopic (exact) mass is 211 g/mol. The van der Waals surface area contributed by atoms with Crippen molar-refractivity contribution in [2.24, 2.45) is 0 Å². The molecule has 1 heterocycles. The van der Waals surface area contributed by atoms with Crippen molar-refractivity contribution in [3.8, 4) is 0 Å². The zero-order valence-electron chi connectivity index (χ0n) is 7.75. The van der Waals surface area contributed by atoms with Crippen molar-refractivity contribution in [3.05, 3.63) is 28.0 Å². The number of halogens is 1. The van der Waals surface area contributed by atoms with E-state index < -0.39 is 5.97 Å². The normalized spacial score (nSPS) is 15.6. The molecule has 1 aromatic rings. The zero-order valence-corrected chi connectivity index (χ0v) is 8.51. The van der Waals surface area contributed by atoms with Gasteiger partial charge >= 0.3 is 5.97 Å². The maximum absolute atomic E-state index is 11.0. The van der Waals surface area contributed by atoms with E-state index in [1.165, 1.54) is 0 Å². The Balaban J connectivity index is 2.59. The highest BCUT2D eigenvalue weighted by Crippen LogP contribution is 2.43. The maximum atomic E-state index is 11.0. The van der Waals surface area contributed by atoms with Crippen LogP contribution < -0.4 is 0 Å². The molecule has 2 rings (SSSR count). The van der Waals surface area contributed by atoms with Gasteiger partial charge in [0.1, 0.15) is 0 Å². The summed E-state index contributed by atoms with van der Waals surface area (Å²) in [5.74, 6) is -0.603. The molecule has 0 aromatic carbocycles. The molecule has 0 aliphatic heterocycles. The van der Waals surface area contributed by atoms with Gasteiger partial charge < -0.3 is 5.11 Å². The van der Waals surface area contributed by atoms with Crippen LogP contribution in [0.3, 0.4) is 0 Å². The molecule has 1 N–H and O–H groups in total. The van der Waals surface area contributed by atoms with Gasteiger partial charge in [0.25, 0.3) is 0 Å². The summed E-state index contributed by atoms with van der Waals surface area (Å²) in [4.78, 5) is 15.1. The zero-order chi connectivity index (χ0) is 10.3.